The molecule has 1 unspecified atom stereocenters. The summed E-state index contributed by atoms with van der Waals surface area (Å²) in [5.74, 6) is -0.0144. The highest BCUT2D eigenvalue weighted by atomic mass is 35.5. The van der Waals surface area contributed by atoms with Crippen LogP contribution in [0.25, 0.3) is 0 Å². The summed E-state index contributed by atoms with van der Waals surface area (Å²) in [6.45, 7) is 8.79. The van der Waals surface area contributed by atoms with Crippen LogP contribution in [0, 0.1) is 11.3 Å². The van der Waals surface area contributed by atoms with Crippen LogP contribution in [0.4, 0.5) is 0 Å². The Morgan fingerprint density at radius 3 is 2.46 bits per heavy atom. The molecule has 0 spiro atoms. The standard InChI is InChI=1S/C15H15ClN4.C7H17N/c1-2-13-10(7-17)14(11(8-18)15(19)20-13)9-5-3-4-6-12(9)16;1-4-6-7-8(3)5-2/h3-6,8,14H,2,18H2,1H3,(H2,19,20);4-7H2,1-3H3/b11-8-;. The number of rotatable bonds is 6. The quantitative estimate of drug-likeness (QED) is 0.730. The monoisotopic (exact) mass is 401 g/mol. The Balaban J connectivity index is 0.000000416. The van der Waals surface area contributed by atoms with Gasteiger partial charge in [0.1, 0.15) is 5.84 Å². The van der Waals surface area contributed by atoms with Crippen LogP contribution >= 0.6 is 11.6 Å². The van der Waals surface area contributed by atoms with E-state index in [1.807, 2.05) is 25.1 Å². The number of amidine groups is 1. The number of nitrogens with two attached hydrogens (primary N) is 2. The topological polar surface area (TPSA) is 91.4 Å². The van der Waals surface area contributed by atoms with E-state index in [0.717, 1.165) is 5.56 Å². The van der Waals surface area contributed by atoms with Gasteiger partial charge in [-0.25, -0.2) is 4.99 Å². The summed E-state index contributed by atoms with van der Waals surface area (Å²) >= 11 is 6.26. The second kappa shape index (κ2) is 12.2. The van der Waals surface area contributed by atoms with Gasteiger partial charge in [0.25, 0.3) is 0 Å². The molecule has 0 saturated carbocycles. The highest BCUT2D eigenvalue weighted by Crippen LogP contribution is 2.40. The van der Waals surface area contributed by atoms with E-state index in [-0.39, 0.29) is 5.92 Å². The summed E-state index contributed by atoms with van der Waals surface area (Å²) in [5, 5.41) is 10.1. The molecule has 0 amide bonds. The Labute approximate surface area is 174 Å². The van der Waals surface area contributed by atoms with Crippen LogP contribution in [0.3, 0.4) is 0 Å². The third-order valence-corrected chi connectivity index (χ3v) is 5.09. The van der Waals surface area contributed by atoms with Gasteiger partial charge in [0.2, 0.25) is 0 Å². The molecule has 1 aliphatic heterocycles. The SMILES string of the molecule is CCC1=C(C#N)C(c2ccccc2Cl)/C(=C/N)C(N)=N1.CCCCN(C)CC. The molecule has 152 valence electrons. The zero-order valence-corrected chi connectivity index (χ0v) is 18.1. The predicted molar refractivity (Wildman–Crippen MR) is 119 cm³/mol. The van der Waals surface area contributed by atoms with Crippen molar-refractivity contribution in [2.45, 2.75) is 46.0 Å². The average Bonchev–Trinajstić information content (AvgIpc) is 2.71. The first-order valence-corrected chi connectivity index (χ1v) is 10.1. The van der Waals surface area contributed by atoms with Crippen molar-refractivity contribution >= 4 is 17.4 Å². The highest BCUT2D eigenvalue weighted by molar-refractivity contribution is 6.31. The number of halogens is 1. The second-order valence-electron chi connectivity index (χ2n) is 6.65. The molecule has 1 heterocycles. The highest BCUT2D eigenvalue weighted by Gasteiger charge is 2.31. The Morgan fingerprint density at radius 2 is 1.96 bits per heavy atom. The van der Waals surface area contributed by atoms with E-state index in [0.29, 0.717) is 34.1 Å². The van der Waals surface area contributed by atoms with Crippen LogP contribution in [-0.2, 0) is 0 Å². The molecule has 0 saturated heterocycles. The van der Waals surface area contributed by atoms with Gasteiger partial charge in [0, 0.05) is 16.8 Å². The molecule has 0 aromatic heterocycles. The molecule has 4 N–H and O–H groups in total. The summed E-state index contributed by atoms with van der Waals surface area (Å²) in [5.41, 5.74) is 14.3. The van der Waals surface area contributed by atoms with Crippen LogP contribution in [0.15, 0.2) is 52.3 Å². The summed E-state index contributed by atoms with van der Waals surface area (Å²) in [7, 11) is 2.16. The number of benzene rings is 1. The summed E-state index contributed by atoms with van der Waals surface area (Å²) in [6.07, 6.45) is 4.67. The van der Waals surface area contributed by atoms with Crippen molar-refractivity contribution in [3.05, 3.63) is 57.9 Å². The minimum Gasteiger partial charge on any atom is -0.404 e. The van der Waals surface area contributed by atoms with Crippen LogP contribution in [-0.4, -0.2) is 30.9 Å². The zero-order valence-electron chi connectivity index (χ0n) is 17.4. The van der Waals surface area contributed by atoms with Crippen LogP contribution < -0.4 is 11.5 Å². The maximum atomic E-state index is 9.49. The molecule has 0 radical (unpaired) electrons. The Hall–Kier alpha value is -2.29. The number of nitrogens with zero attached hydrogens (tertiary/aromatic N) is 3. The molecule has 28 heavy (non-hydrogen) atoms. The molecule has 2 rings (SSSR count). The van der Waals surface area contributed by atoms with Gasteiger partial charge in [0.15, 0.2) is 0 Å². The maximum absolute atomic E-state index is 9.49. The smallest absolute Gasteiger partial charge is 0.129 e. The molecule has 0 fully saturated rings. The number of unbranched alkanes of at least 4 members (excludes halogenated alkanes) is 1. The van der Waals surface area contributed by atoms with Crippen molar-refractivity contribution in [1.29, 1.82) is 5.26 Å². The normalized spacial score (nSPS) is 17.8. The second-order valence-corrected chi connectivity index (χ2v) is 7.06. The van der Waals surface area contributed by atoms with Crippen molar-refractivity contribution in [2.75, 3.05) is 20.1 Å². The number of aliphatic imine (C=N–C) groups is 1. The van der Waals surface area contributed by atoms with E-state index in [9.17, 15) is 5.26 Å². The van der Waals surface area contributed by atoms with E-state index in [4.69, 9.17) is 23.1 Å². The molecule has 1 aromatic carbocycles. The fourth-order valence-electron chi connectivity index (χ4n) is 2.94. The lowest BCUT2D eigenvalue weighted by atomic mass is 9.81. The first kappa shape index (κ1) is 23.7. The Morgan fingerprint density at radius 1 is 1.29 bits per heavy atom. The lowest BCUT2D eigenvalue weighted by Crippen LogP contribution is -2.26. The van der Waals surface area contributed by atoms with E-state index >= 15 is 0 Å². The number of hydrogen-bond donors (Lipinski definition) is 2. The van der Waals surface area contributed by atoms with Crippen LogP contribution in [0.1, 0.15) is 51.5 Å². The maximum Gasteiger partial charge on any atom is 0.129 e. The molecule has 5 nitrogen and oxygen atoms in total. The molecule has 1 aliphatic rings. The van der Waals surface area contributed by atoms with Crippen molar-refractivity contribution < 1.29 is 0 Å². The molecule has 6 heteroatoms. The van der Waals surface area contributed by atoms with Gasteiger partial charge in [-0.15, -0.1) is 0 Å². The predicted octanol–water partition coefficient (Wildman–Crippen LogP) is 4.56. The van der Waals surface area contributed by atoms with Gasteiger partial charge >= 0.3 is 0 Å². The van der Waals surface area contributed by atoms with Crippen LogP contribution in [0.5, 0.6) is 0 Å². The first-order chi connectivity index (χ1) is 13.4. The zero-order chi connectivity index (χ0) is 21.1. The molecule has 1 aromatic rings. The van der Waals surface area contributed by atoms with Gasteiger partial charge in [0.05, 0.1) is 23.3 Å². The summed E-state index contributed by atoms with van der Waals surface area (Å²) < 4.78 is 0. The van der Waals surface area contributed by atoms with E-state index in [1.54, 1.807) is 6.07 Å². The molecular weight excluding hydrogens is 370 g/mol. The third-order valence-electron chi connectivity index (χ3n) is 4.75. The number of allylic oxidation sites excluding steroid dienone is 2. The Bertz CT molecular complexity index is 773. The van der Waals surface area contributed by atoms with Gasteiger partial charge in [-0.3, -0.25) is 0 Å². The van der Waals surface area contributed by atoms with Gasteiger partial charge in [-0.2, -0.15) is 5.26 Å². The largest absolute Gasteiger partial charge is 0.404 e. The Kier molecular flexibility index (Phi) is 10.4. The molecule has 0 bridgehead atoms. The third kappa shape index (κ3) is 6.12. The minimum absolute atomic E-state index is 0.341. The summed E-state index contributed by atoms with van der Waals surface area (Å²) in [4.78, 5) is 6.61. The van der Waals surface area contributed by atoms with E-state index in [2.05, 4.69) is 36.9 Å². The molecule has 0 aliphatic carbocycles. The number of nitriles is 1. The summed E-state index contributed by atoms with van der Waals surface area (Å²) in [6, 6.07) is 9.60. The van der Waals surface area contributed by atoms with Gasteiger partial charge < -0.3 is 16.4 Å². The number of hydrogen-bond acceptors (Lipinski definition) is 5. The van der Waals surface area contributed by atoms with Gasteiger partial charge in [-0.1, -0.05) is 57.0 Å². The first-order valence-electron chi connectivity index (χ1n) is 9.77. The average molecular weight is 402 g/mol. The van der Waals surface area contributed by atoms with Gasteiger partial charge in [-0.05, 0) is 44.6 Å². The fourth-order valence-corrected chi connectivity index (χ4v) is 3.18. The van der Waals surface area contributed by atoms with Crippen molar-refractivity contribution in [2.24, 2.45) is 16.5 Å². The van der Waals surface area contributed by atoms with Crippen LogP contribution in [0.2, 0.25) is 5.02 Å². The van der Waals surface area contributed by atoms with E-state index < -0.39 is 0 Å². The lowest BCUT2D eigenvalue weighted by molar-refractivity contribution is 0.346. The van der Waals surface area contributed by atoms with Crippen molar-refractivity contribution in [3.63, 3.8) is 0 Å². The fraction of sp³-hybridized carbons (Fsp3) is 0.455. The van der Waals surface area contributed by atoms with E-state index in [1.165, 1.54) is 32.1 Å². The van der Waals surface area contributed by atoms with Crippen molar-refractivity contribution in [3.8, 4) is 6.07 Å². The molecule has 1 atom stereocenters. The van der Waals surface area contributed by atoms with Crippen molar-refractivity contribution in [1.82, 2.24) is 4.90 Å². The molecular formula is C22H32ClN5. The minimum atomic E-state index is -0.355. The lowest BCUT2D eigenvalue weighted by Gasteiger charge is -2.26.